The van der Waals surface area contributed by atoms with Crippen molar-refractivity contribution in [1.82, 2.24) is 0 Å². The van der Waals surface area contributed by atoms with E-state index in [-0.39, 0.29) is 17.9 Å². The normalized spacial score (nSPS) is 11.6. The van der Waals surface area contributed by atoms with Crippen LogP contribution in [0, 0.1) is 17.0 Å². The Bertz CT molecular complexity index is 569. The summed E-state index contributed by atoms with van der Waals surface area (Å²) in [5.41, 5.74) is 0.414. The van der Waals surface area contributed by atoms with E-state index in [1.807, 2.05) is 6.92 Å². The predicted molar refractivity (Wildman–Crippen MR) is 78.6 cm³/mol. The molecule has 22 heavy (non-hydrogen) atoms. The molecule has 0 bridgehead atoms. The predicted octanol–water partition coefficient (Wildman–Crippen LogP) is 2.79. The number of esters is 2. The first-order valence-corrected chi connectivity index (χ1v) is 6.99. The topological polar surface area (TPSA) is 95.7 Å². The highest BCUT2D eigenvalue weighted by Gasteiger charge is 2.21. The number of nitro groups is 1. The van der Waals surface area contributed by atoms with E-state index in [0.29, 0.717) is 5.56 Å². The lowest BCUT2D eigenvalue weighted by atomic mass is 10.1. The van der Waals surface area contributed by atoms with Crippen molar-refractivity contribution < 1.29 is 24.0 Å². The van der Waals surface area contributed by atoms with Gasteiger partial charge in [-0.1, -0.05) is 13.3 Å². The van der Waals surface area contributed by atoms with Crippen LogP contribution in [0.15, 0.2) is 18.2 Å². The molecule has 0 aromatic heterocycles. The van der Waals surface area contributed by atoms with E-state index in [0.717, 1.165) is 12.8 Å². The molecule has 0 aliphatic heterocycles. The van der Waals surface area contributed by atoms with Gasteiger partial charge in [0.2, 0.25) is 0 Å². The SMILES string of the molecule is CCCCOC(=O)C(C)OC(=O)c1ccc([N+](=O)[O-])c(C)c1. The van der Waals surface area contributed by atoms with Crippen LogP contribution in [0.25, 0.3) is 0 Å². The summed E-state index contributed by atoms with van der Waals surface area (Å²) in [7, 11) is 0. The molecule has 1 aromatic carbocycles. The Labute approximate surface area is 128 Å². The molecule has 0 aliphatic rings. The highest BCUT2D eigenvalue weighted by Crippen LogP contribution is 2.19. The Morgan fingerprint density at radius 2 is 2.05 bits per heavy atom. The molecule has 0 spiro atoms. The van der Waals surface area contributed by atoms with E-state index < -0.39 is 23.0 Å². The van der Waals surface area contributed by atoms with Crippen molar-refractivity contribution in [3.63, 3.8) is 0 Å². The van der Waals surface area contributed by atoms with E-state index >= 15 is 0 Å². The molecule has 0 radical (unpaired) electrons. The van der Waals surface area contributed by atoms with Crippen LogP contribution in [0.4, 0.5) is 5.69 Å². The highest BCUT2D eigenvalue weighted by molar-refractivity contribution is 5.91. The molecule has 0 saturated carbocycles. The van der Waals surface area contributed by atoms with Crippen LogP contribution in [0.2, 0.25) is 0 Å². The fourth-order valence-electron chi connectivity index (χ4n) is 1.70. The first-order valence-electron chi connectivity index (χ1n) is 6.99. The molecule has 1 aromatic rings. The van der Waals surface area contributed by atoms with Gasteiger partial charge in [-0.15, -0.1) is 0 Å². The minimum absolute atomic E-state index is 0.0800. The molecule has 0 heterocycles. The summed E-state index contributed by atoms with van der Waals surface area (Å²) in [4.78, 5) is 33.7. The molecule has 0 N–H and O–H groups in total. The molecule has 0 amide bonds. The minimum atomic E-state index is -1.03. The maximum Gasteiger partial charge on any atom is 0.347 e. The molecule has 1 atom stereocenters. The number of nitro benzene ring substituents is 1. The third kappa shape index (κ3) is 4.83. The molecule has 120 valence electrons. The van der Waals surface area contributed by atoms with Crippen molar-refractivity contribution in [3.05, 3.63) is 39.4 Å². The third-order valence-corrected chi connectivity index (χ3v) is 2.99. The third-order valence-electron chi connectivity index (χ3n) is 2.99. The van der Waals surface area contributed by atoms with Crippen LogP contribution < -0.4 is 0 Å². The number of benzene rings is 1. The van der Waals surface area contributed by atoms with Gasteiger partial charge in [0.15, 0.2) is 6.10 Å². The van der Waals surface area contributed by atoms with Gasteiger partial charge in [-0.2, -0.15) is 0 Å². The molecule has 0 aliphatic carbocycles. The minimum Gasteiger partial charge on any atom is -0.463 e. The summed E-state index contributed by atoms with van der Waals surface area (Å²) < 4.78 is 9.95. The number of carbonyl (C=O) groups excluding carboxylic acids is 2. The van der Waals surface area contributed by atoms with Gasteiger partial charge in [-0.3, -0.25) is 10.1 Å². The van der Waals surface area contributed by atoms with Gasteiger partial charge in [-0.05, 0) is 32.4 Å². The molecule has 0 saturated heterocycles. The average molecular weight is 309 g/mol. The van der Waals surface area contributed by atoms with Gasteiger partial charge in [0.1, 0.15) is 0 Å². The smallest absolute Gasteiger partial charge is 0.347 e. The van der Waals surface area contributed by atoms with Crippen molar-refractivity contribution in [2.24, 2.45) is 0 Å². The van der Waals surface area contributed by atoms with Gasteiger partial charge >= 0.3 is 11.9 Å². The van der Waals surface area contributed by atoms with Crippen LogP contribution in [-0.2, 0) is 14.3 Å². The summed E-state index contributed by atoms with van der Waals surface area (Å²) in [6.45, 7) is 5.20. The quantitative estimate of drug-likeness (QED) is 0.332. The standard InChI is InChI=1S/C15H19NO6/c1-4-5-8-21-14(17)11(3)22-15(18)12-6-7-13(16(19)20)10(2)9-12/h6-7,9,11H,4-5,8H2,1-3H3. The fraction of sp³-hybridized carbons (Fsp3) is 0.467. The summed E-state index contributed by atoms with van der Waals surface area (Å²) >= 11 is 0. The van der Waals surface area contributed by atoms with Gasteiger partial charge in [0.25, 0.3) is 5.69 Å². The van der Waals surface area contributed by atoms with Crippen molar-refractivity contribution in [1.29, 1.82) is 0 Å². The van der Waals surface area contributed by atoms with Crippen molar-refractivity contribution in [2.75, 3.05) is 6.61 Å². The Morgan fingerprint density at radius 3 is 2.59 bits per heavy atom. The molecule has 1 rings (SSSR count). The Morgan fingerprint density at radius 1 is 1.36 bits per heavy atom. The van der Waals surface area contributed by atoms with Crippen molar-refractivity contribution >= 4 is 17.6 Å². The second-order valence-electron chi connectivity index (χ2n) is 4.83. The molecule has 7 heteroatoms. The van der Waals surface area contributed by atoms with Gasteiger partial charge in [0, 0.05) is 11.6 Å². The lowest BCUT2D eigenvalue weighted by Crippen LogP contribution is -2.26. The molecular formula is C15H19NO6. The number of aryl methyl sites for hydroxylation is 1. The average Bonchev–Trinajstić information content (AvgIpc) is 2.46. The number of nitrogens with zero attached hydrogens (tertiary/aromatic N) is 1. The summed E-state index contributed by atoms with van der Waals surface area (Å²) in [5, 5.41) is 10.7. The number of rotatable bonds is 7. The largest absolute Gasteiger partial charge is 0.463 e. The number of hydrogen-bond donors (Lipinski definition) is 0. The summed E-state index contributed by atoms with van der Waals surface area (Å²) in [6.07, 6.45) is 0.608. The second kappa shape index (κ2) is 8.11. The highest BCUT2D eigenvalue weighted by atomic mass is 16.6. The summed E-state index contributed by atoms with van der Waals surface area (Å²) in [5.74, 6) is -1.33. The lowest BCUT2D eigenvalue weighted by Gasteiger charge is -2.12. The van der Waals surface area contributed by atoms with Crippen LogP contribution in [0.1, 0.15) is 42.6 Å². The van der Waals surface area contributed by atoms with Crippen LogP contribution >= 0.6 is 0 Å². The summed E-state index contributed by atoms with van der Waals surface area (Å²) in [6, 6.07) is 3.88. The maximum atomic E-state index is 11.9. The van der Waals surface area contributed by atoms with Crippen LogP contribution in [-0.4, -0.2) is 29.6 Å². The Kier molecular flexibility index (Phi) is 6.49. The Hall–Kier alpha value is -2.44. The zero-order valence-corrected chi connectivity index (χ0v) is 12.8. The monoisotopic (exact) mass is 309 g/mol. The zero-order chi connectivity index (χ0) is 16.7. The van der Waals surface area contributed by atoms with Gasteiger partial charge in [0.05, 0.1) is 17.1 Å². The van der Waals surface area contributed by atoms with E-state index in [1.54, 1.807) is 0 Å². The van der Waals surface area contributed by atoms with E-state index in [1.165, 1.54) is 32.0 Å². The van der Waals surface area contributed by atoms with Crippen LogP contribution in [0.3, 0.4) is 0 Å². The number of hydrogen-bond acceptors (Lipinski definition) is 6. The number of unbranched alkanes of at least 4 members (excludes halogenated alkanes) is 1. The van der Waals surface area contributed by atoms with Gasteiger partial charge < -0.3 is 9.47 Å². The van der Waals surface area contributed by atoms with Crippen molar-refractivity contribution in [2.45, 2.75) is 39.7 Å². The molecule has 0 fully saturated rings. The first kappa shape index (κ1) is 17.6. The van der Waals surface area contributed by atoms with Crippen molar-refractivity contribution in [3.8, 4) is 0 Å². The Balaban J connectivity index is 2.66. The fourth-order valence-corrected chi connectivity index (χ4v) is 1.70. The number of ether oxygens (including phenoxy) is 2. The van der Waals surface area contributed by atoms with Crippen LogP contribution in [0.5, 0.6) is 0 Å². The number of carbonyl (C=O) groups is 2. The van der Waals surface area contributed by atoms with E-state index in [9.17, 15) is 19.7 Å². The molecule has 1 unspecified atom stereocenters. The molecule has 7 nitrogen and oxygen atoms in total. The second-order valence-corrected chi connectivity index (χ2v) is 4.83. The zero-order valence-electron chi connectivity index (χ0n) is 12.8. The first-order chi connectivity index (χ1) is 10.4. The van der Waals surface area contributed by atoms with E-state index in [4.69, 9.17) is 9.47 Å². The van der Waals surface area contributed by atoms with E-state index in [2.05, 4.69) is 0 Å². The molecular weight excluding hydrogens is 290 g/mol. The maximum absolute atomic E-state index is 11.9. The van der Waals surface area contributed by atoms with Gasteiger partial charge in [-0.25, -0.2) is 9.59 Å². The lowest BCUT2D eigenvalue weighted by molar-refractivity contribution is -0.385.